The number of ether oxygens (including phenoxy) is 2. The first-order valence-corrected chi connectivity index (χ1v) is 5.10. The molecule has 0 aromatic heterocycles. The van der Waals surface area contributed by atoms with Crippen molar-refractivity contribution in [3.8, 4) is 11.5 Å². The van der Waals surface area contributed by atoms with E-state index in [-0.39, 0.29) is 23.8 Å². The highest BCUT2D eigenvalue weighted by molar-refractivity contribution is 5.50. The lowest BCUT2D eigenvalue weighted by Crippen LogP contribution is -2.04. The maximum absolute atomic E-state index is 13.9. The quantitative estimate of drug-likeness (QED) is 0.860. The molecule has 0 atom stereocenters. The van der Waals surface area contributed by atoms with E-state index in [9.17, 15) is 4.39 Å². The summed E-state index contributed by atoms with van der Waals surface area (Å²) in [5.74, 6) is 0.248. The Morgan fingerprint density at radius 3 is 2.31 bits per heavy atom. The van der Waals surface area contributed by atoms with Crippen molar-refractivity contribution in [2.24, 2.45) is 0 Å². The largest absolute Gasteiger partial charge is 0.496 e. The molecule has 0 unspecified atom stereocenters. The van der Waals surface area contributed by atoms with Gasteiger partial charge in [0.15, 0.2) is 11.6 Å². The van der Waals surface area contributed by atoms with Gasteiger partial charge in [-0.1, -0.05) is 13.8 Å². The molecule has 16 heavy (non-hydrogen) atoms. The highest BCUT2D eigenvalue weighted by atomic mass is 19.1. The molecule has 0 radical (unpaired) electrons. The Balaban J connectivity index is 3.50. The van der Waals surface area contributed by atoms with E-state index in [4.69, 9.17) is 14.6 Å². The van der Waals surface area contributed by atoms with Crippen LogP contribution in [0.5, 0.6) is 11.5 Å². The van der Waals surface area contributed by atoms with Crippen LogP contribution in [-0.2, 0) is 6.61 Å². The molecule has 1 aromatic carbocycles. The molecule has 0 fully saturated rings. The summed E-state index contributed by atoms with van der Waals surface area (Å²) < 4.78 is 24.1. The number of hydrogen-bond acceptors (Lipinski definition) is 3. The van der Waals surface area contributed by atoms with Gasteiger partial charge in [0.05, 0.1) is 20.8 Å². The molecular formula is C12H17FO3. The zero-order chi connectivity index (χ0) is 12.3. The van der Waals surface area contributed by atoms with Crippen LogP contribution < -0.4 is 9.47 Å². The average molecular weight is 228 g/mol. The van der Waals surface area contributed by atoms with Gasteiger partial charge in [-0.2, -0.15) is 0 Å². The molecule has 0 saturated carbocycles. The van der Waals surface area contributed by atoms with E-state index < -0.39 is 5.82 Å². The van der Waals surface area contributed by atoms with Crippen molar-refractivity contribution in [3.63, 3.8) is 0 Å². The molecule has 0 aliphatic heterocycles. The minimum atomic E-state index is -0.519. The Hall–Kier alpha value is -1.29. The van der Waals surface area contributed by atoms with Crippen LogP contribution in [0.3, 0.4) is 0 Å². The summed E-state index contributed by atoms with van der Waals surface area (Å²) in [6.07, 6.45) is 0. The molecule has 0 amide bonds. The fourth-order valence-electron chi connectivity index (χ4n) is 1.71. The smallest absolute Gasteiger partial charge is 0.171 e. The third kappa shape index (κ3) is 2.11. The van der Waals surface area contributed by atoms with Gasteiger partial charge in [0.2, 0.25) is 0 Å². The molecule has 1 aromatic rings. The minimum Gasteiger partial charge on any atom is -0.496 e. The van der Waals surface area contributed by atoms with Crippen molar-refractivity contribution in [2.45, 2.75) is 26.4 Å². The van der Waals surface area contributed by atoms with Gasteiger partial charge in [-0.05, 0) is 12.0 Å². The topological polar surface area (TPSA) is 38.7 Å². The summed E-state index contributed by atoms with van der Waals surface area (Å²) in [6, 6.07) is 1.51. The van der Waals surface area contributed by atoms with Crippen LogP contribution in [0.15, 0.2) is 6.07 Å². The third-order valence-corrected chi connectivity index (χ3v) is 2.47. The second-order valence-electron chi connectivity index (χ2n) is 3.81. The lowest BCUT2D eigenvalue weighted by atomic mass is 9.98. The molecule has 0 aliphatic carbocycles. The van der Waals surface area contributed by atoms with Crippen molar-refractivity contribution in [1.82, 2.24) is 0 Å². The summed E-state index contributed by atoms with van der Waals surface area (Å²) in [4.78, 5) is 0. The number of methoxy groups -OCH3 is 2. The van der Waals surface area contributed by atoms with Gasteiger partial charge in [-0.3, -0.25) is 0 Å². The zero-order valence-corrected chi connectivity index (χ0v) is 10.0. The Morgan fingerprint density at radius 2 is 1.94 bits per heavy atom. The molecule has 0 saturated heterocycles. The van der Waals surface area contributed by atoms with Gasteiger partial charge < -0.3 is 14.6 Å². The first-order valence-electron chi connectivity index (χ1n) is 5.10. The fourth-order valence-corrected chi connectivity index (χ4v) is 1.71. The standard InChI is InChI=1S/C12H17FO3/c1-7(2)10-9(15-3)5-8(6-14)11(13)12(10)16-4/h5,7,14H,6H2,1-4H3. The average Bonchev–Trinajstić information content (AvgIpc) is 2.27. The van der Waals surface area contributed by atoms with Crippen molar-refractivity contribution >= 4 is 0 Å². The van der Waals surface area contributed by atoms with Crippen molar-refractivity contribution in [1.29, 1.82) is 0 Å². The summed E-state index contributed by atoms with van der Waals surface area (Å²) in [5.41, 5.74) is 0.859. The van der Waals surface area contributed by atoms with Crippen molar-refractivity contribution < 1.29 is 19.0 Å². The minimum absolute atomic E-state index is 0.0761. The van der Waals surface area contributed by atoms with E-state index in [0.717, 1.165) is 0 Å². The predicted molar refractivity (Wildman–Crippen MR) is 59.5 cm³/mol. The zero-order valence-electron chi connectivity index (χ0n) is 10.0. The van der Waals surface area contributed by atoms with E-state index in [1.54, 1.807) is 0 Å². The highest BCUT2D eigenvalue weighted by Gasteiger charge is 2.21. The molecule has 0 heterocycles. The molecule has 0 aliphatic rings. The summed E-state index contributed by atoms with van der Waals surface area (Å²) >= 11 is 0. The van der Waals surface area contributed by atoms with E-state index in [0.29, 0.717) is 11.3 Å². The van der Waals surface area contributed by atoms with Crippen LogP contribution >= 0.6 is 0 Å². The first kappa shape index (κ1) is 12.8. The summed E-state index contributed by atoms with van der Waals surface area (Å²) in [6.45, 7) is 3.48. The highest BCUT2D eigenvalue weighted by Crippen LogP contribution is 2.38. The van der Waals surface area contributed by atoms with Crippen molar-refractivity contribution in [2.75, 3.05) is 14.2 Å². The molecule has 3 nitrogen and oxygen atoms in total. The maximum Gasteiger partial charge on any atom is 0.171 e. The Bertz CT molecular complexity index is 375. The third-order valence-electron chi connectivity index (χ3n) is 2.47. The molecular weight excluding hydrogens is 211 g/mol. The van der Waals surface area contributed by atoms with Gasteiger partial charge in [-0.15, -0.1) is 0 Å². The lowest BCUT2D eigenvalue weighted by molar-refractivity contribution is 0.270. The number of aliphatic hydroxyl groups is 1. The molecule has 4 heteroatoms. The molecule has 0 bridgehead atoms. The Morgan fingerprint density at radius 1 is 1.31 bits per heavy atom. The van der Waals surface area contributed by atoms with Gasteiger partial charge in [0, 0.05) is 11.1 Å². The Labute approximate surface area is 94.8 Å². The van der Waals surface area contributed by atoms with Crippen LogP contribution in [0.1, 0.15) is 30.9 Å². The predicted octanol–water partition coefficient (Wildman–Crippen LogP) is 2.46. The monoisotopic (exact) mass is 228 g/mol. The number of rotatable bonds is 4. The van der Waals surface area contributed by atoms with Crippen LogP contribution in [0.4, 0.5) is 4.39 Å². The number of aliphatic hydroxyl groups excluding tert-OH is 1. The van der Waals surface area contributed by atoms with Crippen LogP contribution in [0.25, 0.3) is 0 Å². The van der Waals surface area contributed by atoms with E-state index in [1.165, 1.54) is 20.3 Å². The summed E-state index contributed by atoms with van der Waals surface area (Å²) in [7, 11) is 2.92. The number of hydrogen-bond donors (Lipinski definition) is 1. The van der Waals surface area contributed by atoms with Crippen LogP contribution in [0.2, 0.25) is 0 Å². The molecule has 1 rings (SSSR count). The molecule has 1 N–H and O–H groups in total. The van der Waals surface area contributed by atoms with Gasteiger partial charge >= 0.3 is 0 Å². The van der Waals surface area contributed by atoms with Gasteiger partial charge in [-0.25, -0.2) is 4.39 Å². The molecule has 0 spiro atoms. The maximum atomic E-state index is 13.9. The van der Waals surface area contributed by atoms with Crippen LogP contribution in [-0.4, -0.2) is 19.3 Å². The number of halogens is 1. The molecule has 90 valence electrons. The second kappa shape index (κ2) is 5.16. The van der Waals surface area contributed by atoms with Gasteiger partial charge in [0.1, 0.15) is 5.75 Å². The summed E-state index contributed by atoms with van der Waals surface area (Å²) in [5, 5.41) is 9.04. The van der Waals surface area contributed by atoms with E-state index >= 15 is 0 Å². The number of benzene rings is 1. The van der Waals surface area contributed by atoms with E-state index in [1.807, 2.05) is 13.8 Å². The van der Waals surface area contributed by atoms with Crippen LogP contribution in [0, 0.1) is 5.82 Å². The second-order valence-corrected chi connectivity index (χ2v) is 3.81. The normalized spacial score (nSPS) is 10.7. The first-order chi connectivity index (χ1) is 7.56. The Kier molecular flexibility index (Phi) is 4.12. The fraction of sp³-hybridized carbons (Fsp3) is 0.500. The SMILES string of the molecule is COc1cc(CO)c(F)c(OC)c1C(C)C. The lowest BCUT2D eigenvalue weighted by Gasteiger charge is -2.18. The van der Waals surface area contributed by atoms with Crippen molar-refractivity contribution in [3.05, 3.63) is 23.0 Å². The van der Waals surface area contributed by atoms with E-state index in [2.05, 4.69) is 0 Å². The van der Waals surface area contributed by atoms with Gasteiger partial charge in [0.25, 0.3) is 0 Å².